The van der Waals surface area contributed by atoms with E-state index < -0.39 is 0 Å². The molecule has 0 N–H and O–H groups in total. The van der Waals surface area contributed by atoms with Gasteiger partial charge in [0.25, 0.3) is 0 Å². The number of imidazole rings is 1. The highest BCUT2D eigenvalue weighted by atomic mass is 16.5. The molecule has 0 spiro atoms. The second-order valence-electron chi connectivity index (χ2n) is 8.55. The van der Waals surface area contributed by atoms with E-state index in [1.807, 2.05) is 0 Å². The van der Waals surface area contributed by atoms with E-state index in [0.717, 1.165) is 37.4 Å². The third-order valence-corrected chi connectivity index (χ3v) is 5.87. The monoisotopic (exact) mass is 391 g/mol. The van der Waals surface area contributed by atoms with Crippen LogP contribution in [-0.4, -0.2) is 34.1 Å². The van der Waals surface area contributed by atoms with E-state index in [-0.39, 0.29) is 0 Å². The van der Waals surface area contributed by atoms with Gasteiger partial charge in [0.15, 0.2) is 0 Å². The second kappa shape index (κ2) is 9.00. The number of benzene rings is 2. The van der Waals surface area contributed by atoms with E-state index in [1.165, 1.54) is 48.4 Å². The number of likely N-dealkylation sites (tertiary alicyclic amines) is 1. The molecule has 1 aliphatic rings. The first-order chi connectivity index (χ1) is 14.1. The lowest BCUT2D eigenvalue weighted by Gasteiger charge is -2.17. The Balaban J connectivity index is 1.45. The molecule has 4 heteroatoms. The van der Waals surface area contributed by atoms with Crippen LogP contribution in [0.4, 0.5) is 0 Å². The number of rotatable bonds is 8. The normalized spacial score (nSPS) is 14.9. The number of nitrogens with zero attached hydrogens (tertiary/aromatic N) is 3. The van der Waals surface area contributed by atoms with Gasteiger partial charge in [-0.25, -0.2) is 4.98 Å². The van der Waals surface area contributed by atoms with Crippen LogP contribution in [0, 0.1) is 6.92 Å². The van der Waals surface area contributed by atoms with Gasteiger partial charge in [-0.1, -0.05) is 38.1 Å². The number of aryl methyl sites for hydroxylation is 2. The molecular formula is C25H33N3O. The first-order valence-electron chi connectivity index (χ1n) is 11.0. The number of fused-ring (bicyclic) bond motifs is 1. The molecule has 3 aromatic rings. The minimum Gasteiger partial charge on any atom is -0.493 e. The van der Waals surface area contributed by atoms with Crippen molar-refractivity contribution < 1.29 is 4.74 Å². The zero-order valence-electron chi connectivity index (χ0n) is 18.0. The summed E-state index contributed by atoms with van der Waals surface area (Å²) < 4.78 is 8.62. The summed E-state index contributed by atoms with van der Waals surface area (Å²) in [5, 5.41) is 0. The highest BCUT2D eigenvalue weighted by Crippen LogP contribution is 2.28. The minimum absolute atomic E-state index is 0.468. The van der Waals surface area contributed by atoms with E-state index in [2.05, 4.69) is 72.7 Å². The van der Waals surface area contributed by atoms with Crippen molar-refractivity contribution in [3.63, 3.8) is 0 Å². The second-order valence-corrected chi connectivity index (χ2v) is 8.55. The van der Waals surface area contributed by atoms with Crippen molar-refractivity contribution in [1.82, 2.24) is 14.5 Å². The van der Waals surface area contributed by atoms with Crippen molar-refractivity contribution in [1.29, 1.82) is 0 Å². The highest BCUT2D eigenvalue weighted by molar-refractivity contribution is 5.75. The molecule has 0 saturated carbocycles. The van der Waals surface area contributed by atoms with Gasteiger partial charge >= 0.3 is 0 Å². The molecule has 4 rings (SSSR count). The topological polar surface area (TPSA) is 30.3 Å². The molecule has 1 aliphatic heterocycles. The van der Waals surface area contributed by atoms with Crippen molar-refractivity contribution in [2.45, 2.75) is 59.0 Å². The predicted octanol–water partition coefficient (Wildman–Crippen LogP) is 5.53. The van der Waals surface area contributed by atoms with Gasteiger partial charge in [0.1, 0.15) is 11.6 Å². The van der Waals surface area contributed by atoms with Crippen LogP contribution in [0.2, 0.25) is 0 Å². The van der Waals surface area contributed by atoms with Crippen molar-refractivity contribution in [2.24, 2.45) is 0 Å². The van der Waals surface area contributed by atoms with E-state index in [1.54, 1.807) is 0 Å². The molecule has 0 bridgehead atoms. The van der Waals surface area contributed by atoms with Gasteiger partial charge in [-0.3, -0.25) is 4.90 Å². The average Bonchev–Trinajstić information content (AvgIpc) is 3.33. The van der Waals surface area contributed by atoms with Crippen LogP contribution >= 0.6 is 0 Å². The maximum Gasteiger partial charge on any atom is 0.124 e. The molecular weight excluding hydrogens is 358 g/mol. The van der Waals surface area contributed by atoms with Crippen LogP contribution in [0.25, 0.3) is 11.0 Å². The molecule has 2 aromatic carbocycles. The maximum absolute atomic E-state index is 6.22. The Morgan fingerprint density at radius 3 is 2.66 bits per heavy atom. The van der Waals surface area contributed by atoms with Crippen molar-refractivity contribution in [3.05, 3.63) is 59.4 Å². The third kappa shape index (κ3) is 4.64. The largest absolute Gasteiger partial charge is 0.493 e. The number of aromatic nitrogens is 2. The Bertz CT molecular complexity index is 954. The number of ether oxygens (including phenoxy) is 1. The van der Waals surface area contributed by atoms with Crippen molar-refractivity contribution >= 4 is 11.0 Å². The Morgan fingerprint density at radius 2 is 1.86 bits per heavy atom. The van der Waals surface area contributed by atoms with Gasteiger partial charge in [-0.2, -0.15) is 0 Å². The van der Waals surface area contributed by atoms with Crippen molar-refractivity contribution in [3.8, 4) is 5.75 Å². The summed E-state index contributed by atoms with van der Waals surface area (Å²) in [6, 6.07) is 15.0. The molecule has 0 amide bonds. The van der Waals surface area contributed by atoms with E-state index in [4.69, 9.17) is 9.72 Å². The molecule has 0 atom stereocenters. The molecule has 0 unspecified atom stereocenters. The van der Waals surface area contributed by atoms with Crippen LogP contribution in [-0.2, 0) is 13.1 Å². The molecule has 1 aromatic heterocycles. The van der Waals surface area contributed by atoms with Gasteiger partial charge < -0.3 is 9.30 Å². The van der Waals surface area contributed by atoms with Gasteiger partial charge in [-0.15, -0.1) is 0 Å². The van der Waals surface area contributed by atoms with E-state index in [0.29, 0.717) is 5.92 Å². The lowest BCUT2D eigenvalue weighted by molar-refractivity contribution is 0.291. The SMILES string of the molecule is Cc1ccc(C(C)C)c(OCCCn2c(CN3CCCC3)nc3ccccc32)c1. The van der Waals surface area contributed by atoms with Gasteiger partial charge in [-0.05, 0) is 74.5 Å². The standard InChI is InChI=1S/C25H33N3O/c1-19(2)21-12-11-20(3)17-24(21)29-16-8-15-28-23-10-5-4-9-22(23)26-25(28)18-27-13-6-7-14-27/h4-5,9-12,17,19H,6-8,13-16,18H2,1-3H3. The minimum atomic E-state index is 0.468. The maximum atomic E-state index is 6.22. The van der Waals surface area contributed by atoms with Crippen LogP contribution in [0.5, 0.6) is 5.75 Å². The Kier molecular flexibility index (Phi) is 6.19. The predicted molar refractivity (Wildman–Crippen MR) is 120 cm³/mol. The van der Waals surface area contributed by atoms with Crippen LogP contribution < -0.4 is 4.74 Å². The molecule has 1 saturated heterocycles. The van der Waals surface area contributed by atoms with Crippen molar-refractivity contribution in [2.75, 3.05) is 19.7 Å². The molecule has 154 valence electrons. The summed E-state index contributed by atoms with van der Waals surface area (Å²) in [6.45, 7) is 11.6. The third-order valence-electron chi connectivity index (χ3n) is 5.87. The molecule has 0 aliphatic carbocycles. The lowest BCUT2D eigenvalue weighted by Crippen LogP contribution is -2.21. The van der Waals surface area contributed by atoms with Crippen LogP contribution in [0.15, 0.2) is 42.5 Å². The van der Waals surface area contributed by atoms with E-state index >= 15 is 0 Å². The molecule has 4 nitrogen and oxygen atoms in total. The highest BCUT2D eigenvalue weighted by Gasteiger charge is 2.17. The first-order valence-corrected chi connectivity index (χ1v) is 11.0. The lowest BCUT2D eigenvalue weighted by atomic mass is 10.0. The summed E-state index contributed by atoms with van der Waals surface area (Å²) >= 11 is 0. The quantitative estimate of drug-likeness (QED) is 0.473. The smallest absolute Gasteiger partial charge is 0.124 e. The molecule has 1 fully saturated rings. The van der Waals surface area contributed by atoms with Crippen LogP contribution in [0.1, 0.15) is 56.0 Å². The Morgan fingerprint density at radius 1 is 1.07 bits per heavy atom. The fourth-order valence-corrected chi connectivity index (χ4v) is 4.28. The average molecular weight is 392 g/mol. The first kappa shape index (κ1) is 20.0. The molecule has 29 heavy (non-hydrogen) atoms. The number of hydrogen-bond acceptors (Lipinski definition) is 3. The van der Waals surface area contributed by atoms with Gasteiger partial charge in [0, 0.05) is 6.54 Å². The van der Waals surface area contributed by atoms with Gasteiger partial charge in [0.05, 0.1) is 24.2 Å². The summed E-state index contributed by atoms with van der Waals surface area (Å²) in [4.78, 5) is 7.47. The summed E-state index contributed by atoms with van der Waals surface area (Å²) in [5.41, 5.74) is 4.87. The number of hydrogen-bond donors (Lipinski definition) is 0. The van der Waals surface area contributed by atoms with E-state index in [9.17, 15) is 0 Å². The number of para-hydroxylation sites is 2. The fraction of sp³-hybridized carbons (Fsp3) is 0.480. The summed E-state index contributed by atoms with van der Waals surface area (Å²) in [5.74, 6) is 2.69. The van der Waals surface area contributed by atoms with Crippen LogP contribution in [0.3, 0.4) is 0 Å². The summed E-state index contributed by atoms with van der Waals surface area (Å²) in [6.07, 6.45) is 3.59. The fourth-order valence-electron chi connectivity index (χ4n) is 4.28. The zero-order valence-corrected chi connectivity index (χ0v) is 18.0. The molecule has 0 radical (unpaired) electrons. The summed E-state index contributed by atoms with van der Waals surface area (Å²) in [7, 11) is 0. The Labute approximate surface area is 174 Å². The Hall–Kier alpha value is -2.33. The van der Waals surface area contributed by atoms with Gasteiger partial charge in [0.2, 0.25) is 0 Å². The molecule has 2 heterocycles. The zero-order chi connectivity index (χ0) is 20.2.